The van der Waals surface area contributed by atoms with Gasteiger partial charge in [-0.1, -0.05) is 106 Å². The highest BCUT2D eigenvalue weighted by Crippen LogP contribution is 2.45. The fraction of sp³-hybridized carbons (Fsp3) is 0.933. The molecule has 0 aromatic heterocycles. The first-order valence-electron chi connectivity index (χ1n) is 22.0. The highest BCUT2D eigenvalue weighted by atomic mass is 32.2. The molecule has 0 aromatic rings. The maximum absolute atomic E-state index is 12.0. The lowest BCUT2D eigenvalue weighted by Gasteiger charge is -2.36. The Kier molecular flexibility index (Phi) is 27.6. The predicted molar refractivity (Wildman–Crippen MR) is 224 cm³/mol. The summed E-state index contributed by atoms with van der Waals surface area (Å²) in [6, 6.07) is 0. The Bertz CT molecular complexity index is 851. The van der Waals surface area contributed by atoms with Crippen LogP contribution in [-0.2, 0) is 14.3 Å². The second-order valence-electron chi connectivity index (χ2n) is 16.6. The molecule has 3 nitrogen and oxygen atoms in total. The molecule has 0 aromatic carbocycles. The number of hydrogen-bond acceptors (Lipinski definition) is 5. The van der Waals surface area contributed by atoms with Gasteiger partial charge in [-0.05, 0) is 142 Å². The van der Waals surface area contributed by atoms with E-state index in [0.29, 0.717) is 12.5 Å². The Hall–Kier alpha value is -0.290. The van der Waals surface area contributed by atoms with Gasteiger partial charge in [0.1, 0.15) is 0 Å². The molecule has 2 aliphatic rings. The van der Waals surface area contributed by atoms with Gasteiger partial charge in [0, 0.05) is 5.92 Å². The third-order valence-electron chi connectivity index (χ3n) is 11.9. The number of hydrogen-bond donors (Lipinski definition) is 0. The van der Waals surface area contributed by atoms with E-state index >= 15 is 0 Å². The molecule has 0 N–H and O–H groups in total. The molecule has 5 atom stereocenters. The predicted octanol–water partition coefficient (Wildman–Crippen LogP) is 14.5. The lowest BCUT2D eigenvalue weighted by Crippen LogP contribution is -2.25. The molecular formula is C45H84O3S2. The van der Waals surface area contributed by atoms with Crippen molar-refractivity contribution in [2.24, 2.45) is 35.5 Å². The van der Waals surface area contributed by atoms with Gasteiger partial charge in [0.05, 0.1) is 24.9 Å². The summed E-state index contributed by atoms with van der Waals surface area (Å²) in [6.45, 7) is 15.5. The molecule has 0 bridgehead atoms. The van der Waals surface area contributed by atoms with Gasteiger partial charge in [0.25, 0.3) is 0 Å². The van der Waals surface area contributed by atoms with Crippen LogP contribution in [0, 0.1) is 35.5 Å². The van der Waals surface area contributed by atoms with E-state index in [9.17, 15) is 4.79 Å². The van der Waals surface area contributed by atoms with Gasteiger partial charge in [-0.25, -0.2) is 0 Å². The molecule has 0 radical (unpaired) electrons. The van der Waals surface area contributed by atoms with Crippen molar-refractivity contribution >= 4 is 29.5 Å². The van der Waals surface area contributed by atoms with Crippen LogP contribution in [0.25, 0.3) is 0 Å². The molecule has 0 amide bonds. The summed E-state index contributed by atoms with van der Waals surface area (Å²) in [5.74, 6) is 11.1. The molecule has 0 aliphatic heterocycles. The van der Waals surface area contributed by atoms with Crippen molar-refractivity contribution < 1.29 is 14.3 Å². The Balaban J connectivity index is 1.30. The van der Waals surface area contributed by atoms with Crippen LogP contribution in [0.2, 0.25) is 0 Å². The number of esters is 1. The van der Waals surface area contributed by atoms with E-state index in [-0.39, 0.29) is 11.9 Å². The minimum absolute atomic E-state index is 0.0246. The van der Waals surface area contributed by atoms with Crippen LogP contribution in [-0.4, -0.2) is 42.2 Å². The highest BCUT2D eigenvalue weighted by molar-refractivity contribution is 7.99. The minimum atomic E-state index is 0.0246. The second kappa shape index (κ2) is 30.1. The van der Waals surface area contributed by atoms with E-state index in [2.05, 4.69) is 65.1 Å². The van der Waals surface area contributed by atoms with Crippen LogP contribution in [0.15, 0.2) is 11.3 Å². The quantitative estimate of drug-likeness (QED) is 0.0381. The number of carbonyl (C=O) groups excluding carboxylic acids is 1. The summed E-state index contributed by atoms with van der Waals surface area (Å²) >= 11 is 4.32. The fourth-order valence-electron chi connectivity index (χ4n) is 7.70. The molecule has 50 heavy (non-hydrogen) atoms. The Labute approximate surface area is 321 Å². The maximum Gasteiger partial charge on any atom is 0.308 e. The summed E-state index contributed by atoms with van der Waals surface area (Å²) in [5.41, 5.74) is 1.66. The summed E-state index contributed by atoms with van der Waals surface area (Å²) in [7, 11) is 0. The van der Waals surface area contributed by atoms with Crippen molar-refractivity contribution in [1.29, 1.82) is 0 Å². The Morgan fingerprint density at radius 1 is 0.700 bits per heavy atom. The van der Waals surface area contributed by atoms with E-state index in [1.807, 2.05) is 0 Å². The van der Waals surface area contributed by atoms with Crippen LogP contribution < -0.4 is 0 Å². The standard InChI is InChI=1S/C45H84O3S2/c1-7-23-40(8-2)45(46)48-31-18-12-16-22-35-50-33-20-14-10-9-13-19-32-49-34-21-15-11-17-30-47-44(42-27-28-42)43-29-26-41(39(6)36-43)25-24-38(5)37(3)4/h37-41,43H,7-36H2,1-6H3. The molecule has 294 valence electrons. The van der Waals surface area contributed by atoms with Gasteiger partial charge in [0.15, 0.2) is 0 Å². The minimum Gasteiger partial charge on any atom is -0.498 e. The number of unbranched alkanes of at least 4 members (excludes halogenated alkanes) is 11. The Morgan fingerprint density at radius 3 is 1.70 bits per heavy atom. The first kappa shape index (κ1) is 45.9. The summed E-state index contributed by atoms with van der Waals surface area (Å²) in [5, 5.41) is 0. The van der Waals surface area contributed by atoms with Crippen molar-refractivity contribution in [2.45, 2.75) is 196 Å². The topological polar surface area (TPSA) is 35.5 Å². The van der Waals surface area contributed by atoms with Crippen molar-refractivity contribution in [2.75, 3.05) is 36.2 Å². The normalized spacial score (nSPS) is 20.2. The first-order valence-corrected chi connectivity index (χ1v) is 24.3. The molecule has 0 heterocycles. The molecule has 2 rings (SSSR count). The largest absolute Gasteiger partial charge is 0.498 e. The van der Waals surface area contributed by atoms with Crippen LogP contribution >= 0.6 is 23.5 Å². The smallest absolute Gasteiger partial charge is 0.308 e. The SMILES string of the molecule is CCCC(CC)C(=O)OCCCCCCSCCCCCCCCSCCCCCCOC(=C1CC1)C1CCC(CCC(C)C(C)C)C(C)C1. The zero-order valence-corrected chi connectivity index (χ0v) is 35.9. The summed E-state index contributed by atoms with van der Waals surface area (Å²) < 4.78 is 12.0. The lowest BCUT2D eigenvalue weighted by atomic mass is 9.71. The number of rotatable bonds is 33. The molecule has 5 heteroatoms. The number of allylic oxidation sites excluding steroid dienone is 2. The van der Waals surface area contributed by atoms with Crippen molar-refractivity contribution in [3.8, 4) is 0 Å². The van der Waals surface area contributed by atoms with Gasteiger partial charge in [-0.2, -0.15) is 23.5 Å². The van der Waals surface area contributed by atoms with Crippen molar-refractivity contribution in [1.82, 2.24) is 0 Å². The average molecular weight is 737 g/mol. The highest BCUT2D eigenvalue weighted by Gasteiger charge is 2.33. The van der Waals surface area contributed by atoms with Crippen LogP contribution in [0.4, 0.5) is 0 Å². The number of thioether (sulfide) groups is 2. The first-order chi connectivity index (χ1) is 24.4. The van der Waals surface area contributed by atoms with Gasteiger partial charge < -0.3 is 9.47 Å². The van der Waals surface area contributed by atoms with Gasteiger partial charge >= 0.3 is 5.97 Å². The van der Waals surface area contributed by atoms with E-state index in [1.54, 1.807) is 5.57 Å². The van der Waals surface area contributed by atoms with Gasteiger partial charge in [-0.3, -0.25) is 4.79 Å². The molecular weight excluding hydrogens is 653 g/mol. The number of ether oxygens (including phenoxy) is 2. The van der Waals surface area contributed by atoms with Gasteiger partial charge in [0.2, 0.25) is 0 Å². The van der Waals surface area contributed by atoms with Crippen LogP contribution in [0.1, 0.15) is 196 Å². The van der Waals surface area contributed by atoms with E-state index < -0.39 is 0 Å². The monoisotopic (exact) mass is 737 g/mol. The summed E-state index contributed by atoms with van der Waals surface area (Å²) in [6.07, 6.45) is 31.0. The lowest BCUT2D eigenvalue weighted by molar-refractivity contribution is -0.149. The van der Waals surface area contributed by atoms with E-state index in [4.69, 9.17) is 9.47 Å². The van der Waals surface area contributed by atoms with Gasteiger partial charge in [-0.15, -0.1) is 0 Å². The third kappa shape index (κ3) is 22.0. The maximum atomic E-state index is 12.0. The molecule has 2 aliphatic carbocycles. The average Bonchev–Trinajstić information content (AvgIpc) is 3.95. The van der Waals surface area contributed by atoms with E-state index in [0.717, 1.165) is 56.0 Å². The fourth-order valence-corrected chi connectivity index (χ4v) is 9.74. The molecule has 0 saturated heterocycles. The van der Waals surface area contributed by atoms with Crippen molar-refractivity contribution in [3.05, 3.63) is 11.3 Å². The van der Waals surface area contributed by atoms with E-state index in [1.165, 1.54) is 157 Å². The molecule has 2 fully saturated rings. The zero-order valence-electron chi connectivity index (χ0n) is 34.2. The second-order valence-corrected chi connectivity index (χ2v) is 19.0. The molecule has 5 unspecified atom stereocenters. The third-order valence-corrected chi connectivity index (χ3v) is 14.2. The summed E-state index contributed by atoms with van der Waals surface area (Å²) in [4.78, 5) is 12.0. The van der Waals surface area contributed by atoms with Crippen LogP contribution in [0.3, 0.4) is 0 Å². The molecule has 2 saturated carbocycles. The van der Waals surface area contributed by atoms with Crippen molar-refractivity contribution in [3.63, 3.8) is 0 Å². The van der Waals surface area contributed by atoms with Crippen LogP contribution in [0.5, 0.6) is 0 Å². The zero-order chi connectivity index (χ0) is 36.2. The number of carbonyl (C=O) groups is 1. The Morgan fingerprint density at radius 2 is 1.22 bits per heavy atom. The molecule has 0 spiro atoms.